The second kappa shape index (κ2) is 7.51. The Balaban J connectivity index is 1.68. The third-order valence-corrected chi connectivity index (χ3v) is 3.72. The van der Waals surface area contributed by atoms with Crippen molar-refractivity contribution in [3.05, 3.63) is 29.8 Å². The van der Waals surface area contributed by atoms with Crippen LogP contribution in [0.4, 0.5) is 0 Å². The average molecular weight is 263 g/mol. The van der Waals surface area contributed by atoms with Crippen molar-refractivity contribution < 1.29 is 9.47 Å². The SMILES string of the molecule is COc1cccc(COC(C)CNC2CCCC2)c1. The van der Waals surface area contributed by atoms with Gasteiger partial charge in [0.05, 0.1) is 19.8 Å². The summed E-state index contributed by atoms with van der Waals surface area (Å²) < 4.78 is 11.1. The smallest absolute Gasteiger partial charge is 0.119 e. The predicted molar refractivity (Wildman–Crippen MR) is 77.5 cm³/mol. The molecule has 1 unspecified atom stereocenters. The molecule has 1 aliphatic carbocycles. The molecule has 0 bridgehead atoms. The van der Waals surface area contributed by atoms with Crippen molar-refractivity contribution in [1.82, 2.24) is 5.32 Å². The molecule has 0 heterocycles. The molecule has 0 aromatic heterocycles. The monoisotopic (exact) mass is 263 g/mol. The number of benzene rings is 1. The van der Waals surface area contributed by atoms with E-state index >= 15 is 0 Å². The van der Waals surface area contributed by atoms with E-state index in [4.69, 9.17) is 9.47 Å². The van der Waals surface area contributed by atoms with Gasteiger partial charge in [0.15, 0.2) is 0 Å². The molecule has 1 N–H and O–H groups in total. The van der Waals surface area contributed by atoms with Crippen LogP contribution in [0, 0.1) is 0 Å². The van der Waals surface area contributed by atoms with Crippen molar-refractivity contribution >= 4 is 0 Å². The van der Waals surface area contributed by atoms with E-state index in [1.54, 1.807) is 7.11 Å². The molecule has 0 spiro atoms. The van der Waals surface area contributed by atoms with Gasteiger partial charge in [0, 0.05) is 12.6 Å². The first-order chi connectivity index (χ1) is 9.28. The third kappa shape index (κ3) is 4.84. The number of rotatable bonds is 7. The molecule has 2 rings (SSSR count). The molecule has 0 amide bonds. The van der Waals surface area contributed by atoms with Crippen molar-refractivity contribution in [2.75, 3.05) is 13.7 Å². The zero-order valence-corrected chi connectivity index (χ0v) is 12.0. The Morgan fingerprint density at radius 2 is 2.11 bits per heavy atom. The maximum Gasteiger partial charge on any atom is 0.119 e. The van der Waals surface area contributed by atoms with Crippen LogP contribution in [0.3, 0.4) is 0 Å². The van der Waals surface area contributed by atoms with E-state index in [1.165, 1.54) is 25.7 Å². The van der Waals surface area contributed by atoms with E-state index in [0.29, 0.717) is 12.6 Å². The van der Waals surface area contributed by atoms with Gasteiger partial charge in [-0.25, -0.2) is 0 Å². The Kier molecular flexibility index (Phi) is 5.67. The highest BCUT2D eigenvalue weighted by atomic mass is 16.5. The van der Waals surface area contributed by atoms with Gasteiger partial charge in [-0.1, -0.05) is 25.0 Å². The lowest BCUT2D eigenvalue weighted by Crippen LogP contribution is -2.33. The van der Waals surface area contributed by atoms with Gasteiger partial charge in [-0.2, -0.15) is 0 Å². The van der Waals surface area contributed by atoms with Crippen LogP contribution >= 0.6 is 0 Å². The van der Waals surface area contributed by atoms with Crippen LogP contribution in [0.5, 0.6) is 5.75 Å². The molecule has 1 atom stereocenters. The highest BCUT2D eigenvalue weighted by Gasteiger charge is 2.15. The van der Waals surface area contributed by atoms with Gasteiger partial charge in [0.1, 0.15) is 5.75 Å². The van der Waals surface area contributed by atoms with E-state index in [2.05, 4.69) is 18.3 Å². The van der Waals surface area contributed by atoms with E-state index in [9.17, 15) is 0 Å². The number of hydrogen-bond acceptors (Lipinski definition) is 3. The standard InChI is InChI=1S/C16H25NO2/c1-13(11-17-15-7-3-4-8-15)19-12-14-6-5-9-16(10-14)18-2/h5-6,9-10,13,15,17H,3-4,7-8,11-12H2,1-2H3. The number of methoxy groups -OCH3 is 1. The fraction of sp³-hybridized carbons (Fsp3) is 0.625. The highest BCUT2D eigenvalue weighted by molar-refractivity contribution is 5.27. The van der Waals surface area contributed by atoms with Crippen molar-refractivity contribution in [2.45, 2.75) is 51.4 Å². The predicted octanol–water partition coefficient (Wildman–Crippen LogP) is 3.13. The maximum atomic E-state index is 5.87. The summed E-state index contributed by atoms with van der Waals surface area (Å²) in [4.78, 5) is 0. The first-order valence-corrected chi connectivity index (χ1v) is 7.26. The zero-order chi connectivity index (χ0) is 13.5. The lowest BCUT2D eigenvalue weighted by atomic mass is 10.2. The van der Waals surface area contributed by atoms with Gasteiger partial charge in [-0.05, 0) is 37.5 Å². The molecule has 3 nitrogen and oxygen atoms in total. The van der Waals surface area contributed by atoms with Crippen molar-refractivity contribution in [3.63, 3.8) is 0 Å². The summed E-state index contributed by atoms with van der Waals surface area (Å²) in [5.41, 5.74) is 1.16. The average Bonchev–Trinajstić information content (AvgIpc) is 2.96. The van der Waals surface area contributed by atoms with Crippen LogP contribution in [0.1, 0.15) is 38.2 Å². The van der Waals surface area contributed by atoms with Gasteiger partial charge in [0.2, 0.25) is 0 Å². The number of nitrogens with one attached hydrogen (secondary N) is 1. The van der Waals surface area contributed by atoms with Crippen molar-refractivity contribution in [2.24, 2.45) is 0 Å². The number of ether oxygens (including phenoxy) is 2. The Morgan fingerprint density at radius 3 is 2.84 bits per heavy atom. The Morgan fingerprint density at radius 1 is 1.32 bits per heavy atom. The molecule has 1 aromatic rings. The van der Waals surface area contributed by atoms with E-state index in [1.807, 2.05) is 18.2 Å². The van der Waals surface area contributed by atoms with Crippen LogP contribution in [0.15, 0.2) is 24.3 Å². The molecular weight excluding hydrogens is 238 g/mol. The molecule has 1 aromatic carbocycles. The first-order valence-electron chi connectivity index (χ1n) is 7.26. The zero-order valence-electron chi connectivity index (χ0n) is 12.0. The molecule has 1 fully saturated rings. The largest absolute Gasteiger partial charge is 0.497 e. The summed E-state index contributed by atoms with van der Waals surface area (Å²) in [5, 5.41) is 3.59. The molecule has 0 radical (unpaired) electrons. The maximum absolute atomic E-state index is 5.87. The van der Waals surface area contributed by atoms with Crippen LogP contribution in [0.25, 0.3) is 0 Å². The minimum Gasteiger partial charge on any atom is -0.497 e. The Labute approximate surface area is 116 Å². The minimum absolute atomic E-state index is 0.242. The summed E-state index contributed by atoms with van der Waals surface area (Å²) in [6.07, 6.45) is 5.63. The summed E-state index contributed by atoms with van der Waals surface area (Å²) >= 11 is 0. The molecule has 1 aliphatic rings. The second-order valence-corrected chi connectivity index (χ2v) is 5.36. The first kappa shape index (κ1) is 14.4. The van der Waals surface area contributed by atoms with Crippen molar-refractivity contribution in [1.29, 1.82) is 0 Å². The molecule has 19 heavy (non-hydrogen) atoms. The van der Waals surface area contributed by atoms with Crippen LogP contribution in [0.2, 0.25) is 0 Å². The topological polar surface area (TPSA) is 30.5 Å². The Hall–Kier alpha value is -1.06. The van der Waals surface area contributed by atoms with Crippen LogP contribution in [-0.2, 0) is 11.3 Å². The van der Waals surface area contributed by atoms with Gasteiger partial charge in [-0.15, -0.1) is 0 Å². The Bertz CT molecular complexity index is 375. The summed E-state index contributed by atoms with van der Waals surface area (Å²) in [6.45, 7) is 3.71. The van der Waals surface area contributed by atoms with Gasteiger partial charge < -0.3 is 14.8 Å². The molecule has 1 saturated carbocycles. The lowest BCUT2D eigenvalue weighted by molar-refractivity contribution is 0.0513. The summed E-state index contributed by atoms with van der Waals surface area (Å²) in [6, 6.07) is 8.76. The fourth-order valence-corrected chi connectivity index (χ4v) is 2.52. The normalized spacial score (nSPS) is 17.6. The van der Waals surface area contributed by atoms with Gasteiger partial charge in [0.25, 0.3) is 0 Å². The molecule has 0 saturated heterocycles. The van der Waals surface area contributed by atoms with E-state index in [-0.39, 0.29) is 6.10 Å². The minimum atomic E-state index is 0.242. The van der Waals surface area contributed by atoms with E-state index in [0.717, 1.165) is 17.9 Å². The summed E-state index contributed by atoms with van der Waals surface area (Å²) in [7, 11) is 1.69. The summed E-state index contributed by atoms with van der Waals surface area (Å²) in [5.74, 6) is 0.887. The second-order valence-electron chi connectivity index (χ2n) is 5.36. The molecule has 0 aliphatic heterocycles. The van der Waals surface area contributed by atoms with E-state index < -0.39 is 0 Å². The molecule has 3 heteroatoms. The van der Waals surface area contributed by atoms with Crippen LogP contribution < -0.4 is 10.1 Å². The molecule has 106 valence electrons. The van der Waals surface area contributed by atoms with Gasteiger partial charge in [-0.3, -0.25) is 0 Å². The fourth-order valence-electron chi connectivity index (χ4n) is 2.52. The van der Waals surface area contributed by atoms with Crippen LogP contribution in [-0.4, -0.2) is 25.8 Å². The van der Waals surface area contributed by atoms with Gasteiger partial charge >= 0.3 is 0 Å². The quantitative estimate of drug-likeness (QED) is 0.820. The number of hydrogen-bond donors (Lipinski definition) is 1. The highest BCUT2D eigenvalue weighted by Crippen LogP contribution is 2.18. The molecular formula is C16H25NO2. The lowest BCUT2D eigenvalue weighted by Gasteiger charge is -2.17. The third-order valence-electron chi connectivity index (χ3n) is 3.72. The van der Waals surface area contributed by atoms with Crippen molar-refractivity contribution in [3.8, 4) is 5.75 Å².